The van der Waals surface area contributed by atoms with Crippen LogP contribution in [0.1, 0.15) is 11.1 Å². The molecule has 0 aliphatic heterocycles. The second-order valence-electron chi connectivity index (χ2n) is 3.88. The number of rotatable bonds is 1. The molecule has 1 aromatic carbocycles. The first-order valence-corrected chi connectivity index (χ1v) is 4.97. The zero-order chi connectivity index (χ0) is 11.7. The SMILES string of the molecule is Cc1cc(C)cc(-c2cc(=O)[nH]c(=O)[nH]2)c1. The lowest BCUT2D eigenvalue weighted by molar-refractivity contribution is 1.04. The van der Waals surface area contributed by atoms with Crippen LogP contribution in [0.3, 0.4) is 0 Å². The van der Waals surface area contributed by atoms with Crippen LogP contribution in [0, 0.1) is 13.8 Å². The molecule has 1 heterocycles. The molecule has 0 saturated carbocycles. The quantitative estimate of drug-likeness (QED) is 0.755. The van der Waals surface area contributed by atoms with Crippen molar-refractivity contribution in [1.82, 2.24) is 9.97 Å². The predicted molar refractivity (Wildman–Crippen MR) is 62.6 cm³/mol. The van der Waals surface area contributed by atoms with E-state index in [1.807, 2.05) is 32.0 Å². The Morgan fingerprint density at radius 1 is 0.875 bits per heavy atom. The van der Waals surface area contributed by atoms with Crippen molar-refractivity contribution in [2.24, 2.45) is 0 Å². The van der Waals surface area contributed by atoms with Crippen molar-refractivity contribution >= 4 is 0 Å². The molecule has 0 fully saturated rings. The standard InChI is InChI=1S/C12H12N2O2/c1-7-3-8(2)5-9(4-7)10-6-11(15)14-12(16)13-10/h3-6H,1-2H3,(H2,13,14,15,16). The monoisotopic (exact) mass is 216 g/mol. The van der Waals surface area contributed by atoms with Gasteiger partial charge in [0, 0.05) is 6.07 Å². The number of aryl methyl sites for hydroxylation is 2. The van der Waals surface area contributed by atoms with Crippen molar-refractivity contribution in [3.8, 4) is 11.3 Å². The molecule has 82 valence electrons. The van der Waals surface area contributed by atoms with E-state index < -0.39 is 11.2 Å². The Hall–Kier alpha value is -2.10. The van der Waals surface area contributed by atoms with E-state index in [-0.39, 0.29) is 0 Å². The van der Waals surface area contributed by atoms with Gasteiger partial charge in [0.05, 0.1) is 5.69 Å². The van der Waals surface area contributed by atoms with E-state index in [4.69, 9.17) is 0 Å². The third kappa shape index (κ3) is 2.11. The van der Waals surface area contributed by atoms with Gasteiger partial charge in [0.2, 0.25) is 0 Å². The first-order valence-electron chi connectivity index (χ1n) is 4.97. The van der Waals surface area contributed by atoms with Crippen LogP contribution in [0.15, 0.2) is 33.9 Å². The van der Waals surface area contributed by atoms with Gasteiger partial charge in [-0.05, 0) is 31.5 Å². The molecule has 0 aliphatic carbocycles. The Balaban J connectivity index is 2.67. The number of aromatic amines is 2. The van der Waals surface area contributed by atoms with Crippen LogP contribution in [0.2, 0.25) is 0 Å². The summed E-state index contributed by atoms with van der Waals surface area (Å²) in [6, 6.07) is 7.28. The second kappa shape index (κ2) is 3.81. The summed E-state index contributed by atoms with van der Waals surface area (Å²) in [7, 11) is 0. The smallest absolute Gasteiger partial charge is 0.307 e. The molecule has 2 rings (SSSR count). The van der Waals surface area contributed by atoms with Crippen LogP contribution >= 0.6 is 0 Å². The first kappa shape index (κ1) is 10.4. The van der Waals surface area contributed by atoms with Crippen LogP contribution in [0.4, 0.5) is 0 Å². The van der Waals surface area contributed by atoms with E-state index in [0.29, 0.717) is 5.69 Å². The van der Waals surface area contributed by atoms with E-state index >= 15 is 0 Å². The number of benzene rings is 1. The molecule has 4 heteroatoms. The molecule has 0 saturated heterocycles. The fraction of sp³-hybridized carbons (Fsp3) is 0.167. The minimum absolute atomic E-state index is 0.391. The third-order valence-electron chi connectivity index (χ3n) is 2.29. The molecular formula is C12H12N2O2. The molecular weight excluding hydrogens is 204 g/mol. The largest absolute Gasteiger partial charge is 0.326 e. The third-order valence-corrected chi connectivity index (χ3v) is 2.29. The molecule has 16 heavy (non-hydrogen) atoms. The average molecular weight is 216 g/mol. The zero-order valence-electron chi connectivity index (χ0n) is 9.13. The lowest BCUT2D eigenvalue weighted by atomic mass is 10.1. The van der Waals surface area contributed by atoms with Crippen LogP contribution < -0.4 is 11.2 Å². The van der Waals surface area contributed by atoms with E-state index in [9.17, 15) is 9.59 Å². The van der Waals surface area contributed by atoms with Gasteiger partial charge in [-0.15, -0.1) is 0 Å². The summed E-state index contributed by atoms with van der Waals surface area (Å²) in [5.41, 5.74) is 2.70. The zero-order valence-corrected chi connectivity index (χ0v) is 9.13. The van der Waals surface area contributed by atoms with E-state index in [2.05, 4.69) is 9.97 Å². The lowest BCUT2D eigenvalue weighted by Crippen LogP contribution is -2.21. The normalized spacial score (nSPS) is 10.4. The summed E-state index contributed by atoms with van der Waals surface area (Å²) in [4.78, 5) is 27.1. The van der Waals surface area contributed by atoms with Gasteiger partial charge in [-0.25, -0.2) is 4.79 Å². The summed E-state index contributed by atoms with van der Waals surface area (Å²) < 4.78 is 0. The van der Waals surface area contributed by atoms with E-state index in [1.165, 1.54) is 6.07 Å². The molecule has 0 aliphatic rings. The Bertz CT molecular complexity index is 589. The Labute approximate surface area is 92.0 Å². The molecule has 0 spiro atoms. The first-order chi connectivity index (χ1) is 7.54. The molecule has 2 aromatic rings. The highest BCUT2D eigenvalue weighted by molar-refractivity contribution is 5.60. The second-order valence-corrected chi connectivity index (χ2v) is 3.88. The van der Waals surface area contributed by atoms with Crippen LogP contribution in [0.25, 0.3) is 11.3 Å². The summed E-state index contributed by atoms with van der Waals surface area (Å²) in [5, 5.41) is 0. The minimum atomic E-state index is -0.485. The number of H-pyrrole nitrogens is 2. The molecule has 0 bridgehead atoms. The maximum Gasteiger partial charge on any atom is 0.326 e. The Morgan fingerprint density at radius 3 is 2.06 bits per heavy atom. The van der Waals surface area contributed by atoms with E-state index in [0.717, 1.165) is 16.7 Å². The number of hydrogen-bond acceptors (Lipinski definition) is 2. The molecule has 1 aromatic heterocycles. The van der Waals surface area contributed by atoms with Gasteiger partial charge in [0.15, 0.2) is 0 Å². The van der Waals surface area contributed by atoms with Gasteiger partial charge in [-0.2, -0.15) is 0 Å². The van der Waals surface area contributed by atoms with Crippen LogP contribution in [-0.2, 0) is 0 Å². The molecule has 0 amide bonds. The van der Waals surface area contributed by atoms with Crippen molar-refractivity contribution in [2.75, 3.05) is 0 Å². The Kier molecular flexibility index (Phi) is 2.48. The maximum absolute atomic E-state index is 11.2. The highest BCUT2D eigenvalue weighted by Crippen LogP contribution is 2.17. The van der Waals surface area contributed by atoms with Crippen molar-refractivity contribution < 1.29 is 0 Å². The summed E-state index contributed by atoms with van der Waals surface area (Å²) in [6.45, 7) is 3.95. The summed E-state index contributed by atoms with van der Waals surface area (Å²) in [5.74, 6) is 0. The fourth-order valence-corrected chi connectivity index (χ4v) is 1.75. The average Bonchev–Trinajstić information content (AvgIpc) is 2.14. The summed E-state index contributed by atoms with van der Waals surface area (Å²) >= 11 is 0. The number of hydrogen-bond donors (Lipinski definition) is 2. The molecule has 2 N–H and O–H groups in total. The Morgan fingerprint density at radius 2 is 1.50 bits per heavy atom. The van der Waals surface area contributed by atoms with Gasteiger partial charge in [0.25, 0.3) is 5.56 Å². The van der Waals surface area contributed by atoms with Crippen molar-refractivity contribution in [1.29, 1.82) is 0 Å². The van der Waals surface area contributed by atoms with Crippen molar-refractivity contribution in [3.63, 3.8) is 0 Å². The fourth-order valence-electron chi connectivity index (χ4n) is 1.75. The van der Waals surface area contributed by atoms with Gasteiger partial charge in [-0.1, -0.05) is 17.2 Å². The van der Waals surface area contributed by atoms with Crippen LogP contribution in [-0.4, -0.2) is 9.97 Å². The van der Waals surface area contributed by atoms with Crippen molar-refractivity contribution in [3.05, 3.63) is 56.2 Å². The number of aromatic nitrogens is 2. The van der Waals surface area contributed by atoms with E-state index in [1.54, 1.807) is 0 Å². The number of nitrogens with one attached hydrogen (secondary N) is 2. The summed E-state index contributed by atoms with van der Waals surface area (Å²) in [6.07, 6.45) is 0. The molecule has 4 nitrogen and oxygen atoms in total. The highest BCUT2D eigenvalue weighted by atomic mass is 16.2. The maximum atomic E-state index is 11.2. The van der Waals surface area contributed by atoms with Gasteiger partial charge < -0.3 is 4.98 Å². The lowest BCUT2D eigenvalue weighted by Gasteiger charge is -2.04. The minimum Gasteiger partial charge on any atom is -0.307 e. The van der Waals surface area contributed by atoms with Crippen molar-refractivity contribution in [2.45, 2.75) is 13.8 Å². The van der Waals surface area contributed by atoms with Gasteiger partial charge >= 0.3 is 5.69 Å². The molecule has 0 atom stereocenters. The topological polar surface area (TPSA) is 65.7 Å². The van der Waals surface area contributed by atoms with Gasteiger partial charge in [0.1, 0.15) is 0 Å². The highest BCUT2D eigenvalue weighted by Gasteiger charge is 2.01. The molecule has 0 unspecified atom stereocenters. The molecule has 0 radical (unpaired) electrons. The predicted octanol–water partition coefficient (Wildman–Crippen LogP) is 1.35. The van der Waals surface area contributed by atoms with Gasteiger partial charge in [-0.3, -0.25) is 9.78 Å². The van der Waals surface area contributed by atoms with Crippen LogP contribution in [0.5, 0.6) is 0 Å².